The van der Waals surface area contributed by atoms with Crippen LogP contribution in [0.4, 0.5) is 4.39 Å². The van der Waals surface area contributed by atoms with Gasteiger partial charge in [0, 0.05) is 13.1 Å². The Balaban J connectivity index is 0.000000234. The lowest BCUT2D eigenvalue weighted by Gasteiger charge is -2.43. The summed E-state index contributed by atoms with van der Waals surface area (Å²) in [5, 5.41) is 0. The molecule has 1 atom stereocenters. The lowest BCUT2D eigenvalue weighted by Crippen LogP contribution is -2.54. The molecule has 0 amide bonds. The zero-order valence-corrected chi connectivity index (χ0v) is 17.5. The summed E-state index contributed by atoms with van der Waals surface area (Å²) in [4.78, 5) is 5.70. The Bertz CT molecular complexity index is 948. The number of aryl methyl sites for hydroxylation is 1. The van der Waals surface area contributed by atoms with E-state index in [1.807, 2.05) is 20.8 Å². The van der Waals surface area contributed by atoms with Gasteiger partial charge in [-0.1, -0.05) is 23.6 Å². The second-order valence-corrected chi connectivity index (χ2v) is 8.75. The molecule has 3 rings (SSSR count). The molecule has 1 aromatic carbocycles. The van der Waals surface area contributed by atoms with Crippen molar-refractivity contribution in [1.82, 2.24) is 9.88 Å². The van der Waals surface area contributed by atoms with Gasteiger partial charge in [0.2, 0.25) is 5.95 Å². The van der Waals surface area contributed by atoms with Crippen LogP contribution >= 0.6 is 0 Å². The summed E-state index contributed by atoms with van der Waals surface area (Å²) in [7, 11) is -4.02. The van der Waals surface area contributed by atoms with Crippen LogP contribution in [0.15, 0.2) is 47.5 Å². The predicted octanol–water partition coefficient (Wildman–Crippen LogP) is 3.53. The SMILES string of the molecule is C#CC(C)(C)C(Oc1ccc(F)nc1)N1CCC1.Cc1ccc(S(=O)(=O)O)cc1. The van der Waals surface area contributed by atoms with Gasteiger partial charge in [0.05, 0.1) is 16.5 Å². The van der Waals surface area contributed by atoms with Gasteiger partial charge in [-0.2, -0.15) is 12.8 Å². The molecule has 29 heavy (non-hydrogen) atoms. The van der Waals surface area contributed by atoms with E-state index in [-0.39, 0.29) is 11.1 Å². The molecular formula is C21H25FN2O4S. The third kappa shape index (κ3) is 6.53. The number of hydrogen-bond acceptors (Lipinski definition) is 5. The lowest BCUT2D eigenvalue weighted by atomic mass is 9.90. The highest BCUT2D eigenvalue weighted by atomic mass is 32.2. The molecule has 1 unspecified atom stereocenters. The molecule has 0 spiro atoms. The molecule has 0 aliphatic carbocycles. The molecule has 1 saturated heterocycles. The first kappa shape index (κ1) is 22.8. The predicted molar refractivity (Wildman–Crippen MR) is 108 cm³/mol. The highest BCUT2D eigenvalue weighted by Crippen LogP contribution is 2.30. The first-order chi connectivity index (χ1) is 13.5. The van der Waals surface area contributed by atoms with Crippen LogP contribution in [0.5, 0.6) is 5.75 Å². The first-order valence-corrected chi connectivity index (χ1v) is 10.5. The molecule has 0 bridgehead atoms. The van der Waals surface area contributed by atoms with Crippen molar-refractivity contribution in [3.8, 4) is 18.1 Å². The molecule has 2 aromatic rings. The third-order valence-electron chi connectivity index (χ3n) is 4.48. The average Bonchev–Trinajstić information content (AvgIpc) is 2.61. The molecule has 1 fully saturated rings. The van der Waals surface area contributed by atoms with Crippen LogP contribution in [-0.2, 0) is 10.1 Å². The van der Waals surface area contributed by atoms with Gasteiger partial charge in [-0.3, -0.25) is 9.45 Å². The minimum atomic E-state index is -4.02. The van der Waals surface area contributed by atoms with Crippen LogP contribution in [0, 0.1) is 30.6 Å². The zero-order valence-electron chi connectivity index (χ0n) is 16.7. The number of pyridine rings is 1. The van der Waals surface area contributed by atoms with Crippen molar-refractivity contribution in [2.75, 3.05) is 13.1 Å². The van der Waals surface area contributed by atoms with Gasteiger partial charge in [0.1, 0.15) is 5.75 Å². The summed E-state index contributed by atoms with van der Waals surface area (Å²) < 4.78 is 48.2. The smallest absolute Gasteiger partial charge is 0.294 e. The Morgan fingerprint density at radius 3 is 2.28 bits per heavy atom. The van der Waals surface area contributed by atoms with Gasteiger partial charge in [0.25, 0.3) is 10.1 Å². The summed E-state index contributed by atoms with van der Waals surface area (Å²) in [6, 6.07) is 8.84. The summed E-state index contributed by atoms with van der Waals surface area (Å²) in [5.41, 5.74) is 0.548. The number of terminal acetylenes is 1. The number of likely N-dealkylation sites (tertiary alicyclic amines) is 1. The second-order valence-electron chi connectivity index (χ2n) is 7.33. The molecule has 6 nitrogen and oxygen atoms in total. The minimum Gasteiger partial charge on any atom is -0.472 e. The normalized spacial score (nSPS) is 15.3. The third-order valence-corrected chi connectivity index (χ3v) is 5.35. The molecular weight excluding hydrogens is 395 g/mol. The van der Waals surface area contributed by atoms with E-state index in [0.717, 1.165) is 25.1 Å². The molecule has 0 radical (unpaired) electrons. The zero-order chi connectivity index (χ0) is 21.7. The van der Waals surface area contributed by atoms with E-state index in [1.54, 1.807) is 18.2 Å². The number of hydrogen-bond donors (Lipinski definition) is 1. The average molecular weight is 421 g/mol. The lowest BCUT2D eigenvalue weighted by molar-refractivity contribution is -0.0665. The maximum absolute atomic E-state index is 12.8. The van der Waals surface area contributed by atoms with Crippen LogP contribution in [0.3, 0.4) is 0 Å². The fourth-order valence-electron chi connectivity index (χ4n) is 2.60. The molecule has 1 N–H and O–H groups in total. The van der Waals surface area contributed by atoms with Crippen molar-refractivity contribution in [2.45, 2.75) is 38.3 Å². The Morgan fingerprint density at radius 1 is 1.24 bits per heavy atom. The van der Waals surface area contributed by atoms with Crippen LogP contribution in [-0.4, -0.2) is 42.2 Å². The Kier molecular flexibility index (Phi) is 7.36. The highest BCUT2D eigenvalue weighted by Gasteiger charge is 2.37. The van der Waals surface area contributed by atoms with Crippen molar-refractivity contribution >= 4 is 10.1 Å². The van der Waals surface area contributed by atoms with Gasteiger partial charge in [-0.15, -0.1) is 6.42 Å². The van der Waals surface area contributed by atoms with E-state index in [0.29, 0.717) is 5.75 Å². The van der Waals surface area contributed by atoms with E-state index < -0.39 is 21.5 Å². The van der Waals surface area contributed by atoms with Crippen LogP contribution < -0.4 is 4.74 Å². The number of benzene rings is 1. The maximum Gasteiger partial charge on any atom is 0.294 e. The Morgan fingerprint density at radius 2 is 1.86 bits per heavy atom. The first-order valence-electron chi connectivity index (χ1n) is 9.07. The van der Waals surface area contributed by atoms with Gasteiger partial charge in [-0.25, -0.2) is 4.98 Å². The Hall–Kier alpha value is -2.47. The fourth-order valence-corrected chi connectivity index (χ4v) is 3.08. The number of nitrogens with zero attached hydrogens (tertiary/aromatic N) is 2. The van der Waals surface area contributed by atoms with E-state index in [9.17, 15) is 12.8 Å². The second kappa shape index (κ2) is 9.35. The topological polar surface area (TPSA) is 79.7 Å². The van der Waals surface area contributed by atoms with Gasteiger partial charge in [0.15, 0.2) is 6.23 Å². The van der Waals surface area contributed by atoms with E-state index >= 15 is 0 Å². The van der Waals surface area contributed by atoms with Crippen molar-refractivity contribution in [3.05, 3.63) is 54.1 Å². The largest absolute Gasteiger partial charge is 0.472 e. The molecule has 0 saturated carbocycles. The van der Waals surface area contributed by atoms with Crippen LogP contribution in [0.25, 0.3) is 0 Å². The van der Waals surface area contributed by atoms with Gasteiger partial charge in [-0.05, 0) is 51.5 Å². The summed E-state index contributed by atoms with van der Waals surface area (Å²) in [6.45, 7) is 7.72. The summed E-state index contributed by atoms with van der Waals surface area (Å²) in [5.74, 6) is 2.78. The van der Waals surface area contributed by atoms with Crippen molar-refractivity contribution in [3.63, 3.8) is 0 Å². The van der Waals surface area contributed by atoms with Gasteiger partial charge < -0.3 is 4.74 Å². The van der Waals surface area contributed by atoms with Gasteiger partial charge >= 0.3 is 0 Å². The Labute approximate surface area is 171 Å². The summed E-state index contributed by atoms with van der Waals surface area (Å²) in [6.07, 6.45) is 7.90. The monoisotopic (exact) mass is 420 g/mol. The van der Waals surface area contributed by atoms with Crippen molar-refractivity contribution < 1.29 is 22.1 Å². The molecule has 1 aliphatic heterocycles. The maximum atomic E-state index is 12.8. The van der Waals surface area contributed by atoms with Crippen LogP contribution in [0.1, 0.15) is 25.8 Å². The summed E-state index contributed by atoms with van der Waals surface area (Å²) >= 11 is 0. The highest BCUT2D eigenvalue weighted by molar-refractivity contribution is 7.85. The molecule has 1 aromatic heterocycles. The number of aromatic nitrogens is 1. The minimum absolute atomic E-state index is 0.0666. The van der Waals surface area contributed by atoms with E-state index in [2.05, 4.69) is 15.8 Å². The van der Waals surface area contributed by atoms with Crippen LogP contribution in [0.2, 0.25) is 0 Å². The molecule has 8 heteroatoms. The van der Waals surface area contributed by atoms with E-state index in [4.69, 9.17) is 15.7 Å². The molecule has 2 heterocycles. The quantitative estimate of drug-likeness (QED) is 0.453. The molecule has 1 aliphatic rings. The number of ether oxygens (including phenoxy) is 1. The van der Waals surface area contributed by atoms with Crippen molar-refractivity contribution in [2.24, 2.45) is 5.41 Å². The number of halogens is 1. The standard InChI is InChI=1S/C14H17FN2O.C7H8O3S/c1-4-14(2,3)13(17-8-5-9-17)18-11-6-7-12(15)16-10-11;1-6-2-4-7(5-3-6)11(8,9)10/h1,6-7,10,13H,5,8-9H2,2-3H3;2-5H,1H3,(H,8,9,10). The van der Waals surface area contributed by atoms with Crippen molar-refractivity contribution in [1.29, 1.82) is 0 Å². The number of rotatable bonds is 5. The van der Waals surface area contributed by atoms with E-state index in [1.165, 1.54) is 24.4 Å². The molecule has 156 valence electrons. The fraction of sp³-hybridized carbons (Fsp3) is 0.381.